The minimum Gasteiger partial charge on any atom is -0.480 e. The van der Waals surface area contributed by atoms with E-state index >= 15 is 0 Å². The van der Waals surface area contributed by atoms with Crippen LogP contribution in [-0.4, -0.2) is 47.0 Å². The van der Waals surface area contributed by atoms with Gasteiger partial charge < -0.3 is 20.5 Å². The molecule has 0 saturated heterocycles. The summed E-state index contributed by atoms with van der Waals surface area (Å²) in [5, 5.41) is 14.0. The van der Waals surface area contributed by atoms with E-state index in [9.17, 15) is 24.3 Å². The fraction of sp³-hybridized carbons (Fsp3) is 0.474. The van der Waals surface area contributed by atoms with E-state index in [2.05, 4.69) is 10.6 Å². The van der Waals surface area contributed by atoms with Crippen molar-refractivity contribution in [2.75, 3.05) is 6.54 Å². The first-order chi connectivity index (χ1) is 12.6. The summed E-state index contributed by atoms with van der Waals surface area (Å²) >= 11 is 0. The number of rotatable bonds is 9. The first kappa shape index (κ1) is 22.1. The molecule has 0 aliphatic heterocycles. The predicted octanol–water partition coefficient (Wildman–Crippen LogP) is 2.13. The van der Waals surface area contributed by atoms with Gasteiger partial charge in [-0.05, 0) is 40.0 Å². The zero-order chi connectivity index (χ0) is 20.4. The van der Waals surface area contributed by atoms with Gasteiger partial charge in [-0.2, -0.15) is 0 Å². The lowest BCUT2D eigenvalue weighted by Gasteiger charge is -2.22. The first-order valence-electron chi connectivity index (χ1n) is 8.70. The highest BCUT2D eigenvalue weighted by Gasteiger charge is 2.23. The Morgan fingerprint density at radius 3 is 2.26 bits per heavy atom. The standard InChI is InChI=1S/C19H26N2O6/c1-19(2,3)27-18(26)21-14(17(24)25)11-7-8-12-20-16(23)15(22)13-9-5-4-6-10-13/h4-6,9-10,14H,7-8,11-12H2,1-3H3,(H,20,23)(H,21,26)(H,24,25). The van der Waals surface area contributed by atoms with Crippen molar-refractivity contribution in [3.63, 3.8) is 0 Å². The minimum absolute atomic E-state index is 0.178. The number of carbonyl (C=O) groups is 4. The van der Waals surface area contributed by atoms with E-state index in [0.717, 1.165) is 0 Å². The van der Waals surface area contributed by atoms with Crippen LogP contribution in [0.3, 0.4) is 0 Å². The van der Waals surface area contributed by atoms with Crippen LogP contribution in [0.5, 0.6) is 0 Å². The molecule has 1 atom stereocenters. The summed E-state index contributed by atoms with van der Waals surface area (Å²) in [6.45, 7) is 5.28. The van der Waals surface area contributed by atoms with Crippen LogP contribution in [-0.2, 0) is 14.3 Å². The smallest absolute Gasteiger partial charge is 0.408 e. The maximum atomic E-state index is 11.9. The van der Waals surface area contributed by atoms with Gasteiger partial charge in [-0.15, -0.1) is 0 Å². The molecule has 3 N–H and O–H groups in total. The largest absolute Gasteiger partial charge is 0.480 e. The van der Waals surface area contributed by atoms with Gasteiger partial charge in [-0.1, -0.05) is 30.3 Å². The number of ether oxygens (including phenoxy) is 1. The van der Waals surface area contributed by atoms with Crippen molar-refractivity contribution in [2.45, 2.75) is 51.7 Å². The molecule has 8 nitrogen and oxygen atoms in total. The molecule has 0 spiro atoms. The topological polar surface area (TPSA) is 122 Å². The molecule has 0 saturated carbocycles. The van der Waals surface area contributed by atoms with E-state index in [1.165, 1.54) is 0 Å². The molecular weight excluding hydrogens is 352 g/mol. The van der Waals surface area contributed by atoms with E-state index < -0.39 is 35.4 Å². The van der Waals surface area contributed by atoms with Crippen LogP contribution in [0.1, 0.15) is 50.4 Å². The minimum atomic E-state index is -1.16. The Kier molecular flexibility index (Phi) is 8.44. The number of nitrogens with one attached hydrogen (secondary N) is 2. The Hall–Kier alpha value is -2.90. The van der Waals surface area contributed by atoms with E-state index in [1.807, 2.05) is 0 Å². The second kappa shape index (κ2) is 10.3. The van der Waals surface area contributed by atoms with E-state index in [4.69, 9.17) is 4.74 Å². The Morgan fingerprint density at radius 1 is 1.07 bits per heavy atom. The number of carbonyl (C=O) groups excluding carboxylic acids is 3. The molecule has 0 heterocycles. The molecular formula is C19H26N2O6. The maximum absolute atomic E-state index is 11.9. The molecule has 148 valence electrons. The van der Waals surface area contributed by atoms with Crippen LogP contribution in [0, 0.1) is 0 Å². The number of benzene rings is 1. The molecule has 8 heteroatoms. The van der Waals surface area contributed by atoms with Gasteiger partial charge >= 0.3 is 12.1 Å². The average molecular weight is 378 g/mol. The second-order valence-electron chi connectivity index (χ2n) is 6.98. The van der Waals surface area contributed by atoms with Crippen molar-refractivity contribution in [3.8, 4) is 0 Å². The number of ketones is 1. The van der Waals surface area contributed by atoms with Crippen molar-refractivity contribution in [3.05, 3.63) is 35.9 Å². The van der Waals surface area contributed by atoms with E-state index in [1.54, 1.807) is 51.1 Å². The summed E-state index contributed by atoms with van der Waals surface area (Å²) in [5.41, 5.74) is -0.412. The zero-order valence-corrected chi connectivity index (χ0v) is 15.8. The molecule has 0 aromatic heterocycles. The molecule has 0 aliphatic rings. The Balaban J connectivity index is 2.33. The molecule has 1 aromatic rings. The molecule has 0 radical (unpaired) electrons. The Bertz CT molecular complexity index is 667. The summed E-state index contributed by atoms with van der Waals surface area (Å²) in [5.74, 6) is -2.49. The Morgan fingerprint density at radius 2 is 1.70 bits per heavy atom. The van der Waals surface area contributed by atoms with Gasteiger partial charge in [0.2, 0.25) is 5.78 Å². The number of alkyl carbamates (subject to hydrolysis) is 1. The predicted molar refractivity (Wildman–Crippen MR) is 98.4 cm³/mol. The molecule has 1 unspecified atom stereocenters. The van der Waals surface area contributed by atoms with Gasteiger partial charge in [0.15, 0.2) is 0 Å². The number of amides is 2. The zero-order valence-electron chi connectivity index (χ0n) is 15.8. The second-order valence-corrected chi connectivity index (χ2v) is 6.98. The molecule has 1 aromatic carbocycles. The van der Waals surface area contributed by atoms with Crippen LogP contribution < -0.4 is 10.6 Å². The lowest BCUT2D eigenvalue weighted by Crippen LogP contribution is -2.43. The number of hydrogen-bond acceptors (Lipinski definition) is 5. The number of Topliss-reactive ketones (excluding diaryl/α,β-unsaturated/α-hetero) is 1. The normalized spacial score (nSPS) is 12.0. The number of hydrogen-bond donors (Lipinski definition) is 3. The molecule has 27 heavy (non-hydrogen) atoms. The van der Waals surface area contributed by atoms with Crippen molar-refractivity contribution >= 4 is 23.8 Å². The first-order valence-corrected chi connectivity index (χ1v) is 8.70. The summed E-state index contributed by atoms with van der Waals surface area (Å²) in [6, 6.07) is 7.12. The van der Waals surface area contributed by atoms with Gasteiger partial charge in [-0.25, -0.2) is 9.59 Å². The fourth-order valence-corrected chi connectivity index (χ4v) is 2.18. The molecule has 0 aliphatic carbocycles. The molecule has 0 bridgehead atoms. The highest BCUT2D eigenvalue weighted by Crippen LogP contribution is 2.08. The summed E-state index contributed by atoms with van der Waals surface area (Å²) in [7, 11) is 0. The highest BCUT2D eigenvalue weighted by atomic mass is 16.6. The van der Waals surface area contributed by atoms with Crippen LogP contribution in [0.15, 0.2) is 30.3 Å². The molecule has 1 rings (SSSR count). The average Bonchev–Trinajstić information content (AvgIpc) is 2.58. The summed E-state index contributed by atoms with van der Waals surface area (Å²) in [6.07, 6.45) is 0.286. The molecule has 0 fully saturated rings. The van der Waals surface area contributed by atoms with Crippen molar-refractivity contribution < 1.29 is 29.0 Å². The summed E-state index contributed by atoms with van der Waals surface area (Å²) in [4.78, 5) is 46.6. The van der Waals surface area contributed by atoms with Gasteiger partial charge in [0, 0.05) is 12.1 Å². The molecule has 2 amide bonds. The van der Waals surface area contributed by atoms with Crippen LogP contribution in [0.2, 0.25) is 0 Å². The maximum Gasteiger partial charge on any atom is 0.408 e. The monoisotopic (exact) mass is 378 g/mol. The Labute approximate surface area is 158 Å². The number of unbranched alkanes of at least 4 members (excludes halogenated alkanes) is 1. The van der Waals surface area contributed by atoms with E-state index in [-0.39, 0.29) is 13.0 Å². The van der Waals surface area contributed by atoms with Gasteiger partial charge in [0.1, 0.15) is 11.6 Å². The van der Waals surface area contributed by atoms with Crippen LogP contribution in [0.25, 0.3) is 0 Å². The van der Waals surface area contributed by atoms with Gasteiger partial charge in [0.25, 0.3) is 5.91 Å². The lowest BCUT2D eigenvalue weighted by atomic mass is 10.1. The third kappa shape index (κ3) is 8.84. The highest BCUT2D eigenvalue weighted by molar-refractivity contribution is 6.42. The third-order valence-corrected chi connectivity index (χ3v) is 3.44. The number of carboxylic acids is 1. The third-order valence-electron chi connectivity index (χ3n) is 3.44. The van der Waals surface area contributed by atoms with Crippen molar-refractivity contribution in [1.82, 2.24) is 10.6 Å². The summed E-state index contributed by atoms with van der Waals surface area (Å²) < 4.78 is 5.04. The quantitative estimate of drug-likeness (QED) is 0.344. The number of carboxylic acid groups (broad SMARTS) is 1. The van der Waals surface area contributed by atoms with Crippen LogP contribution in [0.4, 0.5) is 4.79 Å². The van der Waals surface area contributed by atoms with Crippen molar-refractivity contribution in [1.29, 1.82) is 0 Å². The van der Waals surface area contributed by atoms with Crippen molar-refractivity contribution in [2.24, 2.45) is 0 Å². The SMILES string of the molecule is CC(C)(C)OC(=O)NC(CCCCNC(=O)C(=O)c1ccccc1)C(=O)O. The lowest BCUT2D eigenvalue weighted by molar-refractivity contribution is -0.139. The van der Waals surface area contributed by atoms with Crippen LogP contribution >= 0.6 is 0 Å². The fourth-order valence-electron chi connectivity index (χ4n) is 2.18. The van der Waals surface area contributed by atoms with Gasteiger partial charge in [-0.3, -0.25) is 9.59 Å². The van der Waals surface area contributed by atoms with E-state index in [0.29, 0.717) is 18.4 Å². The number of aliphatic carboxylic acids is 1. The van der Waals surface area contributed by atoms with Gasteiger partial charge in [0.05, 0.1) is 0 Å².